The second-order valence-corrected chi connectivity index (χ2v) is 6.76. The second kappa shape index (κ2) is 8.24. The Morgan fingerprint density at radius 1 is 1.10 bits per heavy atom. The molecule has 4 aromatic rings. The zero-order valence-corrected chi connectivity index (χ0v) is 16.4. The number of rotatable bonds is 6. The van der Waals surface area contributed by atoms with Gasteiger partial charge in [-0.1, -0.05) is 35.9 Å². The fraction of sp³-hybridized carbons (Fsp3) is 0.0909. The molecule has 0 fully saturated rings. The van der Waals surface area contributed by atoms with Crippen LogP contribution < -0.4 is 14.8 Å². The van der Waals surface area contributed by atoms with Gasteiger partial charge < -0.3 is 14.8 Å². The number of ether oxygens (including phenoxy) is 2. The molecule has 1 aromatic heterocycles. The lowest BCUT2D eigenvalue weighted by molar-refractivity contribution is -0.118. The third kappa shape index (κ3) is 4.17. The lowest BCUT2D eigenvalue weighted by Gasteiger charge is -2.08. The first kappa shape index (κ1) is 18.8. The Balaban J connectivity index is 1.49. The van der Waals surface area contributed by atoms with Gasteiger partial charge in [-0.2, -0.15) is 5.10 Å². The number of benzene rings is 3. The molecule has 29 heavy (non-hydrogen) atoms. The van der Waals surface area contributed by atoms with Crippen LogP contribution in [-0.2, 0) is 4.79 Å². The number of methoxy groups -OCH3 is 1. The number of para-hydroxylation sites is 1. The van der Waals surface area contributed by atoms with Crippen molar-refractivity contribution in [2.45, 2.75) is 0 Å². The number of amides is 1. The molecule has 0 radical (unpaired) electrons. The molecule has 0 aliphatic heterocycles. The van der Waals surface area contributed by atoms with Gasteiger partial charge in [-0.05, 0) is 48.0 Å². The number of carbonyl (C=O) groups is 1. The van der Waals surface area contributed by atoms with Gasteiger partial charge in [0.25, 0.3) is 5.91 Å². The first-order valence-electron chi connectivity index (χ1n) is 8.94. The molecule has 3 aromatic carbocycles. The fourth-order valence-electron chi connectivity index (χ4n) is 3.01. The van der Waals surface area contributed by atoms with Crippen molar-refractivity contribution in [2.75, 3.05) is 19.0 Å². The van der Waals surface area contributed by atoms with Crippen molar-refractivity contribution in [1.29, 1.82) is 0 Å². The van der Waals surface area contributed by atoms with Crippen LogP contribution in [0.25, 0.3) is 22.0 Å². The highest BCUT2D eigenvalue weighted by Gasteiger charge is 2.12. The van der Waals surface area contributed by atoms with E-state index in [4.69, 9.17) is 21.1 Å². The maximum atomic E-state index is 12.2. The van der Waals surface area contributed by atoms with Crippen molar-refractivity contribution in [2.24, 2.45) is 0 Å². The number of halogens is 1. The highest BCUT2D eigenvalue weighted by Crippen LogP contribution is 2.32. The predicted octanol–water partition coefficient (Wildman–Crippen LogP) is 4.91. The molecule has 146 valence electrons. The summed E-state index contributed by atoms with van der Waals surface area (Å²) < 4.78 is 10.9. The van der Waals surface area contributed by atoms with Gasteiger partial charge in [0.1, 0.15) is 11.5 Å². The monoisotopic (exact) mass is 407 g/mol. The van der Waals surface area contributed by atoms with Crippen LogP contribution in [0.15, 0.2) is 66.7 Å². The van der Waals surface area contributed by atoms with Crippen LogP contribution in [0.2, 0.25) is 5.02 Å². The van der Waals surface area contributed by atoms with E-state index in [1.54, 1.807) is 31.4 Å². The van der Waals surface area contributed by atoms with Gasteiger partial charge in [0, 0.05) is 16.0 Å². The molecule has 7 heteroatoms. The molecule has 0 atom stereocenters. The van der Waals surface area contributed by atoms with E-state index in [1.807, 2.05) is 42.5 Å². The van der Waals surface area contributed by atoms with Crippen molar-refractivity contribution in [3.8, 4) is 22.6 Å². The van der Waals surface area contributed by atoms with E-state index in [9.17, 15) is 4.79 Å². The Kier molecular flexibility index (Phi) is 5.35. The second-order valence-electron chi connectivity index (χ2n) is 6.32. The molecule has 4 rings (SSSR count). The molecule has 0 spiro atoms. The van der Waals surface area contributed by atoms with Gasteiger partial charge in [0.05, 0.1) is 12.6 Å². The van der Waals surface area contributed by atoms with Crippen LogP contribution in [0.3, 0.4) is 0 Å². The summed E-state index contributed by atoms with van der Waals surface area (Å²) in [4.78, 5) is 12.2. The average Bonchev–Trinajstić information content (AvgIpc) is 3.15. The number of hydrogen-bond donors (Lipinski definition) is 2. The molecule has 0 aliphatic rings. The molecule has 0 unspecified atom stereocenters. The smallest absolute Gasteiger partial charge is 0.263 e. The maximum Gasteiger partial charge on any atom is 0.263 e. The molecule has 6 nitrogen and oxygen atoms in total. The number of anilines is 1. The molecule has 0 aliphatic carbocycles. The highest BCUT2D eigenvalue weighted by molar-refractivity contribution is 6.30. The summed E-state index contributed by atoms with van der Waals surface area (Å²) in [5.41, 5.74) is 2.78. The van der Waals surface area contributed by atoms with Crippen LogP contribution in [0.5, 0.6) is 11.5 Å². The summed E-state index contributed by atoms with van der Waals surface area (Å²) in [6.45, 7) is -0.130. The molecule has 1 heterocycles. The Morgan fingerprint density at radius 3 is 2.69 bits per heavy atom. The zero-order chi connectivity index (χ0) is 20.2. The molecule has 1 amide bonds. The van der Waals surface area contributed by atoms with E-state index in [0.29, 0.717) is 16.6 Å². The summed E-state index contributed by atoms with van der Waals surface area (Å²) in [6.07, 6.45) is 0. The molecule has 0 saturated heterocycles. The Bertz CT molecular complexity index is 1160. The minimum absolute atomic E-state index is 0.130. The normalized spacial score (nSPS) is 10.7. The number of nitrogens with zero attached hydrogens (tertiary/aromatic N) is 1. The standard InChI is InChI=1S/C22H18ClN3O3/c1-28-20-5-3-2-4-17(20)14-6-11-18-19(12-14)25-26-22(18)24-21(27)13-29-16-9-7-15(23)8-10-16/h2-12H,13H2,1H3,(H2,24,25,26,27). The molecular weight excluding hydrogens is 390 g/mol. The molecule has 2 N–H and O–H groups in total. The number of carbonyl (C=O) groups excluding carboxylic acids is 1. The minimum atomic E-state index is -0.304. The Morgan fingerprint density at radius 2 is 1.90 bits per heavy atom. The van der Waals surface area contributed by atoms with Gasteiger partial charge in [-0.3, -0.25) is 9.89 Å². The number of aromatic amines is 1. The SMILES string of the molecule is COc1ccccc1-c1ccc2c(NC(=O)COc3ccc(Cl)cc3)n[nH]c2c1. The van der Waals surface area contributed by atoms with Gasteiger partial charge in [-0.25, -0.2) is 0 Å². The van der Waals surface area contributed by atoms with E-state index < -0.39 is 0 Å². The number of fused-ring (bicyclic) bond motifs is 1. The number of aromatic nitrogens is 2. The average molecular weight is 408 g/mol. The lowest BCUT2D eigenvalue weighted by Crippen LogP contribution is -2.20. The topological polar surface area (TPSA) is 76.2 Å². The van der Waals surface area contributed by atoms with Gasteiger partial charge in [0.15, 0.2) is 12.4 Å². The van der Waals surface area contributed by atoms with Crippen LogP contribution >= 0.6 is 11.6 Å². The van der Waals surface area contributed by atoms with Gasteiger partial charge >= 0.3 is 0 Å². The lowest BCUT2D eigenvalue weighted by atomic mass is 10.0. The quantitative estimate of drug-likeness (QED) is 0.476. The van der Waals surface area contributed by atoms with Crippen LogP contribution in [0.1, 0.15) is 0 Å². The van der Waals surface area contributed by atoms with Crippen molar-refractivity contribution in [3.63, 3.8) is 0 Å². The number of H-pyrrole nitrogens is 1. The Hall–Kier alpha value is -3.51. The number of hydrogen-bond acceptors (Lipinski definition) is 4. The first-order chi connectivity index (χ1) is 14.1. The zero-order valence-electron chi connectivity index (χ0n) is 15.6. The van der Waals surface area contributed by atoms with E-state index >= 15 is 0 Å². The number of nitrogens with one attached hydrogen (secondary N) is 2. The minimum Gasteiger partial charge on any atom is -0.496 e. The van der Waals surface area contributed by atoms with E-state index in [1.165, 1.54) is 0 Å². The summed E-state index contributed by atoms with van der Waals surface area (Å²) in [5, 5.41) is 11.4. The third-order valence-corrected chi connectivity index (χ3v) is 4.67. The Labute approximate surface area is 172 Å². The predicted molar refractivity (Wildman–Crippen MR) is 114 cm³/mol. The largest absolute Gasteiger partial charge is 0.496 e. The molecule has 0 bridgehead atoms. The highest BCUT2D eigenvalue weighted by atomic mass is 35.5. The van der Waals surface area contributed by atoms with Crippen molar-refractivity contribution in [3.05, 3.63) is 71.8 Å². The van der Waals surface area contributed by atoms with E-state index in [2.05, 4.69) is 15.5 Å². The van der Waals surface area contributed by atoms with E-state index in [0.717, 1.165) is 27.8 Å². The van der Waals surface area contributed by atoms with Gasteiger partial charge in [-0.15, -0.1) is 0 Å². The first-order valence-corrected chi connectivity index (χ1v) is 9.31. The molecule has 0 saturated carbocycles. The van der Waals surface area contributed by atoms with Crippen molar-refractivity contribution in [1.82, 2.24) is 10.2 Å². The summed E-state index contributed by atoms with van der Waals surface area (Å²) in [7, 11) is 1.65. The van der Waals surface area contributed by atoms with Crippen molar-refractivity contribution < 1.29 is 14.3 Å². The fourth-order valence-corrected chi connectivity index (χ4v) is 3.14. The maximum absolute atomic E-state index is 12.2. The summed E-state index contributed by atoms with van der Waals surface area (Å²) >= 11 is 5.84. The van der Waals surface area contributed by atoms with Crippen LogP contribution in [0.4, 0.5) is 5.82 Å². The molecular formula is C22H18ClN3O3. The van der Waals surface area contributed by atoms with Crippen molar-refractivity contribution >= 4 is 34.2 Å². The van der Waals surface area contributed by atoms with Gasteiger partial charge in [0.2, 0.25) is 0 Å². The van der Waals surface area contributed by atoms with Crippen LogP contribution in [-0.4, -0.2) is 29.8 Å². The summed E-state index contributed by atoms with van der Waals surface area (Å²) in [5.74, 6) is 1.51. The third-order valence-electron chi connectivity index (χ3n) is 4.42. The van der Waals surface area contributed by atoms with Crippen LogP contribution in [0, 0.1) is 0 Å². The van der Waals surface area contributed by atoms with E-state index in [-0.39, 0.29) is 12.5 Å². The summed E-state index contributed by atoms with van der Waals surface area (Å²) in [6, 6.07) is 20.5.